The second-order valence-electron chi connectivity index (χ2n) is 4.75. The summed E-state index contributed by atoms with van der Waals surface area (Å²) in [5.74, 6) is 1.12. The third-order valence-electron chi connectivity index (χ3n) is 4.43. The van der Waals surface area contributed by atoms with E-state index in [0.717, 1.165) is 25.7 Å². The zero-order valence-electron chi connectivity index (χ0n) is 6.88. The monoisotopic (exact) mass is 158 g/mol. The van der Waals surface area contributed by atoms with E-state index in [4.69, 9.17) is 10.5 Å². The minimum Gasteiger partial charge on any atom is -0.198 e. The van der Waals surface area contributed by atoms with Crippen molar-refractivity contribution in [2.45, 2.75) is 25.7 Å². The molecule has 4 atom stereocenters. The van der Waals surface area contributed by atoms with Crippen molar-refractivity contribution in [2.75, 3.05) is 0 Å². The lowest BCUT2D eigenvalue weighted by molar-refractivity contribution is 0.339. The Bertz CT molecular complexity index is 303. The van der Waals surface area contributed by atoms with Crippen LogP contribution in [0, 0.1) is 45.3 Å². The normalized spacial score (nSPS) is 58.8. The zero-order chi connectivity index (χ0) is 8.40. The Hall–Kier alpha value is -1.02. The average Bonchev–Trinajstić information content (AvgIpc) is 2.72. The third kappa shape index (κ3) is 0.418. The van der Waals surface area contributed by atoms with Gasteiger partial charge in [-0.3, -0.25) is 0 Å². The second kappa shape index (κ2) is 1.52. The maximum Gasteiger partial charge on any atom is 0.0693 e. The Kier molecular flexibility index (Phi) is 0.824. The summed E-state index contributed by atoms with van der Waals surface area (Å²) < 4.78 is 0. The lowest BCUT2D eigenvalue weighted by Crippen LogP contribution is -2.16. The molecule has 4 bridgehead atoms. The molecule has 4 aliphatic rings. The van der Waals surface area contributed by atoms with Gasteiger partial charge in [0.25, 0.3) is 0 Å². The van der Waals surface area contributed by atoms with Crippen LogP contribution in [0.4, 0.5) is 0 Å². The lowest BCUT2D eigenvalue weighted by atomic mass is 9.82. The molecule has 0 aromatic carbocycles. The summed E-state index contributed by atoms with van der Waals surface area (Å²) >= 11 is 0. The van der Waals surface area contributed by atoms with Crippen molar-refractivity contribution < 1.29 is 0 Å². The van der Waals surface area contributed by atoms with Crippen molar-refractivity contribution in [1.29, 1.82) is 10.5 Å². The van der Waals surface area contributed by atoms with Crippen LogP contribution >= 0.6 is 0 Å². The van der Waals surface area contributed by atoms with Crippen molar-refractivity contribution in [1.82, 2.24) is 0 Å². The largest absolute Gasteiger partial charge is 0.198 e. The molecule has 0 unspecified atom stereocenters. The van der Waals surface area contributed by atoms with E-state index in [2.05, 4.69) is 12.1 Å². The molecule has 4 fully saturated rings. The summed E-state index contributed by atoms with van der Waals surface area (Å²) in [6.45, 7) is 0. The van der Waals surface area contributed by atoms with Crippen molar-refractivity contribution in [3.05, 3.63) is 0 Å². The molecule has 0 aromatic heterocycles. The maximum absolute atomic E-state index is 9.09. The summed E-state index contributed by atoms with van der Waals surface area (Å²) in [5, 5.41) is 18.2. The topological polar surface area (TPSA) is 47.6 Å². The first-order chi connectivity index (χ1) is 5.75. The number of nitrogens with zero attached hydrogens (tertiary/aromatic N) is 2. The predicted molar refractivity (Wildman–Crippen MR) is 41.5 cm³/mol. The Morgan fingerprint density at radius 3 is 1.75 bits per heavy atom. The summed E-state index contributed by atoms with van der Waals surface area (Å²) in [5.41, 5.74) is -0.138. The molecule has 2 heteroatoms. The number of rotatable bonds is 0. The van der Waals surface area contributed by atoms with Gasteiger partial charge in [-0.1, -0.05) is 0 Å². The van der Waals surface area contributed by atoms with Crippen molar-refractivity contribution in [2.24, 2.45) is 22.7 Å². The van der Waals surface area contributed by atoms with Gasteiger partial charge in [0.05, 0.1) is 23.0 Å². The number of hydrogen-bond donors (Lipinski definition) is 0. The summed E-state index contributed by atoms with van der Waals surface area (Å²) in [7, 11) is 0. The molecule has 4 aliphatic carbocycles. The van der Waals surface area contributed by atoms with E-state index >= 15 is 0 Å². The number of hydrogen-bond acceptors (Lipinski definition) is 2. The van der Waals surface area contributed by atoms with Crippen LogP contribution in [0.5, 0.6) is 0 Å². The van der Waals surface area contributed by atoms with Gasteiger partial charge in [-0.25, -0.2) is 0 Å². The van der Waals surface area contributed by atoms with Crippen LogP contribution in [0.2, 0.25) is 0 Å². The van der Waals surface area contributed by atoms with E-state index in [1.54, 1.807) is 0 Å². The first-order valence-electron chi connectivity index (χ1n) is 4.57. The molecule has 60 valence electrons. The van der Waals surface area contributed by atoms with E-state index in [1.165, 1.54) is 0 Å². The minimum atomic E-state index is -0.0691. The molecule has 2 nitrogen and oxygen atoms in total. The van der Waals surface area contributed by atoms with Crippen molar-refractivity contribution >= 4 is 0 Å². The van der Waals surface area contributed by atoms with E-state index in [9.17, 15) is 0 Å². The predicted octanol–water partition coefficient (Wildman–Crippen LogP) is 1.84. The van der Waals surface area contributed by atoms with Crippen LogP contribution < -0.4 is 0 Å². The van der Waals surface area contributed by atoms with E-state index in [-0.39, 0.29) is 10.8 Å². The van der Waals surface area contributed by atoms with Gasteiger partial charge >= 0.3 is 0 Å². The van der Waals surface area contributed by atoms with Gasteiger partial charge in [0.1, 0.15) is 0 Å². The molecule has 0 amide bonds. The van der Waals surface area contributed by atoms with E-state index in [0.29, 0.717) is 11.8 Å². The molecular weight excluding hydrogens is 148 g/mol. The highest BCUT2D eigenvalue weighted by Crippen LogP contribution is 2.75. The fourth-order valence-electron chi connectivity index (χ4n) is 3.91. The van der Waals surface area contributed by atoms with E-state index in [1.807, 2.05) is 0 Å². The van der Waals surface area contributed by atoms with Gasteiger partial charge in [-0.2, -0.15) is 10.5 Å². The van der Waals surface area contributed by atoms with Gasteiger partial charge in [0.2, 0.25) is 0 Å². The highest BCUT2D eigenvalue weighted by Gasteiger charge is 2.71. The Morgan fingerprint density at radius 2 is 1.50 bits per heavy atom. The van der Waals surface area contributed by atoms with Gasteiger partial charge in [-0.05, 0) is 37.5 Å². The SMILES string of the molecule is N#C[C@]12C[C@@H]3C[C@H]1C[C@]3(C#N)C2. The molecule has 4 saturated carbocycles. The third-order valence-corrected chi connectivity index (χ3v) is 4.43. The summed E-state index contributed by atoms with van der Waals surface area (Å²) in [4.78, 5) is 0. The lowest BCUT2D eigenvalue weighted by Gasteiger charge is -2.18. The van der Waals surface area contributed by atoms with Crippen LogP contribution in [-0.2, 0) is 0 Å². The summed E-state index contributed by atoms with van der Waals surface area (Å²) in [6.07, 6.45) is 4.06. The van der Waals surface area contributed by atoms with Crippen LogP contribution in [-0.4, -0.2) is 0 Å². The Balaban J connectivity index is 2.15. The summed E-state index contributed by atoms with van der Waals surface area (Å²) in [6, 6.07) is 4.94. The second-order valence-corrected chi connectivity index (χ2v) is 4.75. The van der Waals surface area contributed by atoms with E-state index < -0.39 is 0 Å². The molecule has 0 aliphatic heterocycles. The molecule has 0 N–H and O–H groups in total. The fourth-order valence-corrected chi connectivity index (χ4v) is 3.91. The van der Waals surface area contributed by atoms with Crippen LogP contribution in [0.1, 0.15) is 25.7 Å². The molecule has 0 saturated heterocycles. The zero-order valence-corrected chi connectivity index (χ0v) is 6.88. The van der Waals surface area contributed by atoms with Gasteiger partial charge < -0.3 is 0 Å². The molecular formula is C10H10N2. The van der Waals surface area contributed by atoms with Gasteiger partial charge in [-0.15, -0.1) is 0 Å². The van der Waals surface area contributed by atoms with Crippen LogP contribution in [0.3, 0.4) is 0 Å². The highest BCUT2D eigenvalue weighted by molar-refractivity contribution is 5.30. The smallest absolute Gasteiger partial charge is 0.0693 e. The molecule has 0 aromatic rings. The minimum absolute atomic E-state index is 0.0691. The molecule has 4 rings (SSSR count). The average molecular weight is 158 g/mol. The molecule has 0 radical (unpaired) electrons. The maximum atomic E-state index is 9.09. The van der Waals surface area contributed by atoms with Gasteiger partial charge in [0.15, 0.2) is 0 Å². The van der Waals surface area contributed by atoms with Crippen LogP contribution in [0.25, 0.3) is 0 Å². The molecule has 0 heterocycles. The molecule has 12 heavy (non-hydrogen) atoms. The Labute approximate surface area is 71.8 Å². The first kappa shape index (κ1) is 6.49. The fraction of sp³-hybridized carbons (Fsp3) is 0.800. The van der Waals surface area contributed by atoms with Crippen molar-refractivity contribution in [3.8, 4) is 12.1 Å². The standard InChI is InChI=1S/C10H10N2/c11-5-9-2-7-1-8(9)3-10(7,4-9)6-12/h7-8H,1-4H2/t7-,8-,9+,10+/m0/s1. The first-order valence-corrected chi connectivity index (χ1v) is 4.57. The number of nitriles is 2. The van der Waals surface area contributed by atoms with Crippen molar-refractivity contribution in [3.63, 3.8) is 0 Å². The molecule has 0 spiro atoms. The quantitative estimate of drug-likeness (QED) is 0.540. The Morgan fingerprint density at radius 1 is 1.00 bits per heavy atom. The van der Waals surface area contributed by atoms with Gasteiger partial charge in [0, 0.05) is 0 Å². The highest BCUT2D eigenvalue weighted by atomic mass is 14.7. The van der Waals surface area contributed by atoms with Crippen LogP contribution in [0.15, 0.2) is 0 Å².